The summed E-state index contributed by atoms with van der Waals surface area (Å²) in [5.74, 6) is -0.409. The van der Waals surface area contributed by atoms with Crippen molar-refractivity contribution in [2.24, 2.45) is 0 Å². The van der Waals surface area contributed by atoms with E-state index in [9.17, 15) is 9.59 Å². The lowest BCUT2D eigenvalue weighted by Crippen LogP contribution is -2.31. The molecule has 0 saturated heterocycles. The molecule has 0 unspecified atom stereocenters. The fourth-order valence-electron chi connectivity index (χ4n) is 3.05. The van der Waals surface area contributed by atoms with Crippen LogP contribution in [0.3, 0.4) is 0 Å². The molecule has 0 fully saturated rings. The third kappa shape index (κ3) is 2.68. The molecule has 2 heterocycles. The Morgan fingerprint density at radius 3 is 2.77 bits per heavy atom. The number of aromatic nitrogens is 2. The molecule has 5 nitrogen and oxygen atoms in total. The second-order valence-electron chi connectivity index (χ2n) is 6.16. The maximum Gasteiger partial charge on any atom is 0.271 e. The van der Waals surface area contributed by atoms with Gasteiger partial charge in [0.1, 0.15) is 5.56 Å². The average molecular weight is 363 g/mol. The van der Waals surface area contributed by atoms with Gasteiger partial charge in [-0.25, -0.2) is 4.98 Å². The highest BCUT2D eigenvalue weighted by Crippen LogP contribution is 2.19. The molecule has 1 amide bonds. The van der Waals surface area contributed by atoms with E-state index in [1.165, 1.54) is 21.9 Å². The first-order valence-corrected chi connectivity index (χ1v) is 9.10. The lowest BCUT2D eigenvalue weighted by Gasteiger charge is -2.08. The zero-order valence-corrected chi connectivity index (χ0v) is 15.3. The summed E-state index contributed by atoms with van der Waals surface area (Å²) in [7, 11) is 0. The Morgan fingerprint density at radius 2 is 1.92 bits per heavy atom. The van der Waals surface area contributed by atoms with Crippen LogP contribution in [0.1, 0.15) is 26.5 Å². The molecule has 0 atom stereocenters. The van der Waals surface area contributed by atoms with Gasteiger partial charge in [-0.3, -0.25) is 14.0 Å². The number of hydrogen-bond donors (Lipinski definition) is 1. The van der Waals surface area contributed by atoms with Gasteiger partial charge in [-0.1, -0.05) is 42.5 Å². The summed E-state index contributed by atoms with van der Waals surface area (Å²) in [6.45, 7) is 4.15. The van der Waals surface area contributed by atoms with Gasteiger partial charge in [0.15, 0.2) is 4.96 Å². The number of carbonyl (C=O) groups is 1. The Bertz CT molecular complexity index is 1200. The van der Waals surface area contributed by atoms with Gasteiger partial charge in [0.25, 0.3) is 11.5 Å². The standard InChI is InChI=1S/C20H17N3O2S/c1-12-13(2)26-20-22-11-17(19(25)23(12)20)18(24)21-10-15-8-5-7-14-6-3-4-9-16(14)15/h3-9,11H,10H2,1-2H3,(H,21,24). The van der Waals surface area contributed by atoms with E-state index >= 15 is 0 Å². The zero-order chi connectivity index (χ0) is 18.3. The predicted molar refractivity (Wildman–Crippen MR) is 104 cm³/mol. The van der Waals surface area contributed by atoms with Crippen LogP contribution in [0.5, 0.6) is 0 Å². The molecule has 2 aromatic heterocycles. The quantitative estimate of drug-likeness (QED) is 0.606. The van der Waals surface area contributed by atoms with Gasteiger partial charge in [0, 0.05) is 23.3 Å². The van der Waals surface area contributed by atoms with Crippen LogP contribution < -0.4 is 10.9 Å². The molecule has 0 bridgehead atoms. The fourth-order valence-corrected chi connectivity index (χ4v) is 3.98. The van der Waals surface area contributed by atoms with Gasteiger partial charge in [-0.15, -0.1) is 11.3 Å². The van der Waals surface area contributed by atoms with Gasteiger partial charge in [0.2, 0.25) is 0 Å². The Balaban J connectivity index is 1.64. The maximum absolute atomic E-state index is 12.7. The minimum absolute atomic E-state index is 0.0589. The van der Waals surface area contributed by atoms with E-state index < -0.39 is 5.91 Å². The molecule has 0 aliphatic rings. The Labute approximate surface area is 153 Å². The number of aryl methyl sites for hydroxylation is 2. The molecule has 26 heavy (non-hydrogen) atoms. The smallest absolute Gasteiger partial charge is 0.271 e. The maximum atomic E-state index is 12.7. The molecule has 0 aliphatic heterocycles. The summed E-state index contributed by atoms with van der Waals surface area (Å²) in [5.41, 5.74) is 1.57. The summed E-state index contributed by atoms with van der Waals surface area (Å²) >= 11 is 1.45. The van der Waals surface area contributed by atoms with E-state index in [2.05, 4.69) is 10.3 Å². The van der Waals surface area contributed by atoms with E-state index in [0.29, 0.717) is 11.5 Å². The first kappa shape index (κ1) is 16.5. The van der Waals surface area contributed by atoms with E-state index in [0.717, 1.165) is 26.9 Å². The van der Waals surface area contributed by atoms with E-state index in [-0.39, 0.29) is 11.1 Å². The highest BCUT2D eigenvalue weighted by Gasteiger charge is 2.16. The molecular weight excluding hydrogens is 346 g/mol. The molecule has 2 aromatic carbocycles. The number of hydrogen-bond acceptors (Lipinski definition) is 4. The van der Waals surface area contributed by atoms with Gasteiger partial charge in [0.05, 0.1) is 0 Å². The molecule has 0 radical (unpaired) electrons. The van der Waals surface area contributed by atoms with Crippen molar-refractivity contribution in [1.82, 2.24) is 14.7 Å². The van der Waals surface area contributed by atoms with Gasteiger partial charge in [-0.05, 0) is 30.2 Å². The minimum Gasteiger partial charge on any atom is -0.348 e. The van der Waals surface area contributed by atoms with E-state index in [4.69, 9.17) is 0 Å². The van der Waals surface area contributed by atoms with Crippen molar-refractivity contribution >= 4 is 33.0 Å². The second-order valence-corrected chi connectivity index (χ2v) is 7.34. The molecule has 4 rings (SSSR count). The number of benzene rings is 2. The van der Waals surface area contributed by atoms with Crippen molar-refractivity contribution in [2.45, 2.75) is 20.4 Å². The molecule has 0 aliphatic carbocycles. The largest absolute Gasteiger partial charge is 0.348 e. The number of thiazole rings is 1. The topological polar surface area (TPSA) is 63.5 Å². The third-order valence-corrected chi connectivity index (χ3v) is 5.65. The number of nitrogens with one attached hydrogen (secondary N) is 1. The van der Waals surface area contributed by atoms with E-state index in [1.807, 2.05) is 56.3 Å². The van der Waals surface area contributed by atoms with Crippen LogP contribution in [0.4, 0.5) is 0 Å². The van der Waals surface area contributed by atoms with Crippen LogP contribution in [0.25, 0.3) is 15.7 Å². The van der Waals surface area contributed by atoms with Crippen LogP contribution in [-0.2, 0) is 6.54 Å². The van der Waals surface area contributed by atoms with Crippen LogP contribution in [0.2, 0.25) is 0 Å². The lowest BCUT2D eigenvalue weighted by molar-refractivity contribution is 0.0949. The number of fused-ring (bicyclic) bond motifs is 2. The van der Waals surface area contributed by atoms with Crippen molar-refractivity contribution in [2.75, 3.05) is 0 Å². The van der Waals surface area contributed by atoms with Crippen molar-refractivity contribution in [3.8, 4) is 0 Å². The highest BCUT2D eigenvalue weighted by atomic mass is 32.1. The lowest BCUT2D eigenvalue weighted by atomic mass is 10.0. The Kier molecular flexibility index (Phi) is 4.05. The summed E-state index contributed by atoms with van der Waals surface area (Å²) in [6, 6.07) is 14.0. The van der Waals surface area contributed by atoms with Gasteiger partial charge >= 0.3 is 0 Å². The van der Waals surface area contributed by atoms with Crippen LogP contribution in [0.15, 0.2) is 53.5 Å². The Hall–Kier alpha value is -2.99. The first-order chi connectivity index (χ1) is 12.6. The zero-order valence-electron chi connectivity index (χ0n) is 14.4. The normalized spacial score (nSPS) is 11.2. The Morgan fingerprint density at radius 1 is 1.15 bits per heavy atom. The van der Waals surface area contributed by atoms with Crippen molar-refractivity contribution < 1.29 is 4.79 Å². The van der Waals surface area contributed by atoms with Gasteiger partial charge < -0.3 is 5.32 Å². The second kappa shape index (κ2) is 6.38. The number of amides is 1. The average Bonchev–Trinajstić information content (AvgIpc) is 2.95. The molecule has 130 valence electrons. The fraction of sp³-hybridized carbons (Fsp3) is 0.150. The number of nitrogens with zero attached hydrogens (tertiary/aromatic N) is 2. The molecule has 4 aromatic rings. The van der Waals surface area contributed by atoms with Crippen molar-refractivity contribution in [3.05, 3.63) is 80.7 Å². The SMILES string of the molecule is Cc1sc2ncc(C(=O)NCc3cccc4ccccc34)c(=O)n2c1C. The summed E-state index contributed by atoms with van der Waals surface area (Å²) < 4.78 is 1.51. The molecule has 1 N–H and O–H groups in total. The van der Waals surface area contributed by atoms with E-state index in [1.54, 1.807) is 0 Å². The summed E-state index contributed by atoms with van der Waals surface area (Å²) in [6.07, 6.45) is 1.37. The summed E-state index contributed by atoms with van der Waals surface area (Å²) in [5, 5.41) is 5.06. The molecule has 0 saturated carbocycles. The minimum atomic E-state index is -0.409. The molecular formula is C20H17N3O2S. The highest BCUT2D eigenvalue weighted by molar-refractivity contribution is 7.17. The molecule has 0 spiro atoms. The third-order valence-electron chi connectivity index (χ3n) is 4.58. The number of carbonyl (C=O) groups excluding carboxylic acids is 1. The van der Waals surface area contributed by atoms with Crippen molar-refractivity contribution in [1.29, 1.82) is 0 Å². The number of rotatable bonds is 3. The van der Waals surface area contributed by atoms with Crippen LogP contribution in [-0.4, -0.2) is 15.3 Å². The van der Waals surface area contributed by atoms with Crippen LogP contribution >= 0.6 is 11.3 Å². The predicted octanol–water partition coefficient (Wildman–Crippen LogP) is 3.46. The molecule has 6 heteroatoms. The first-order valence-electron chi connectivity index (χ1n) is 8.29. The van der Waals surface area contributed by atoms with Gasteiger partial charge in [-0.2, -0.15) is 0 Å². The summed E-state index contributed by atoms with van der Waals surface area (Å²) in [4.78, 5) is 31.2. The monoisotopic (exact) mass is 363 g/mol. The van der Waals surface area contributed by atoms with Crippen LogP contribution in [0, 0.1) is 13.8 Å². The van der Waals surface area contributed by atoms with Crippen molar-refractivity contribution in [3.63, 3.8) is 0 Å².